The molecule has 1 amide bonds. The third-order valence-corrected chi connectivity index (χ3v) is 4.71. The van der Waals surface area contributed by atoms with Crippen LogP contribution in [0.4, 0.5) is 10.9 Å². The van der Waals surface area contributed by atoms with Gasteiger partial charge in [0.1, 0.15) is 10.7 Å². The summed E-state index contributed by atoms with van der Waals surface area (Å²) in [5, 5.41) is 13.0. The molecule has 0 aliphatic heterocycles. The van der Waals surface area contributed by atoms with Gasteiger partial charge in [-0.2, -0.15) is 0 Å². The fourth-order valence-electron chi connectivity index (χ4n) is 2.24. The molecule has 2 rings (SSSR count). The zero-order valence-corrected chi connectivity index (χ0v) is 13.4. The molecular formula is C14H24N4O2S. The van der Waals surface area contributed by atoms with Crippen molar-refractivity contribution in [2.75, 3.05) is 24.2 Å². The van der Waals surface area contributed by atoms with E-state index in [4.69, 9.17) is 10.8 Å². The molecule has 0 bridgehead atoms. The number of amides is 1. The van der Waals surface area contributed by atoms with E-state index in [2.05, 4.69) is 10.3 Å². The number of nitrogens with two attached hydrogens (primary N) is 1. The maximum Gasteiger partial charge on any atom is 0.268 e. The van der Waals surface area contributed by atoms with Crippen LogP contribution in [-0.2, 0) is 0 Å². The van der Waals surface area contributed by atoms with Crippen molar-refractivity contribution in [3.63, 3.8) is 0 Å². The number of hydrogen-bond donors (Lipinski definition) is 3. The van der Waals surface area contributed by atoms with E-state index >= 15 is 0 Å². The highest BCUT2D eigenvalue weighted by molar-refractivity contribution is 7.18. The molecule has 1 fully saturated rings. The Morgan fingerprint density at radius 1 is 1.57 bits per heavy atom. The lowest BCUT2D eigenvalue weighted by atomic mass is 9.93. The van der Waals surface area contributed by atoms with Gasteiger partial charge in [-0.05, 0) is 39.5 Å². The summed E-state index contributed by atoms with van der Waals surface area (Å²) in [7, 11) is 0. The number of aliphatic hydroxyl groups is 1. The molecule has 0 saturated heterocycles. The highest BCUT2D eigenvalue weighted by atomic mass is 32.1. The Balaban J connectivity index is 2.08. The lowest BCUT2D eigenvalue weighted by molar-refractivity contribution is 0.0699. The number of aliphatic hydroxyl groups excluding tert-OH is 1. The number of hydrogen-bond acceptors (Lipinski definition) is 6. The van der Waals surface area contributed by atoms with Crippen molar-refractivity contribution in [3.8, 4) is 0 Å². The lowest BCUT2D eigenvalue weighted by Gasteiger charge is -2.26. The molecule has 6 nitrogen and oxygen atoms in total. The van der Waals surface area contributed by atoms with Crippen molar-refractivity contribution in [1.29, 1.82) is 0 Å². The van der Waals surface area contributed by atoms with E-state index < -0.39 is 0 Å². The Bertz CT molecular complexity index is 485. The molecule has 1 aromatic rings. The molecule has 1 heterocycles. The van der Waals surface area contributed by atoms with Gasteiger partial charge in [0.2, 0.25) is 0 Å². The standard InChI is InChI=1S/C14H24N4O2S/c1-9(2)18(7-4-8-19)13(20)11-12(15)17-14(21-11)16-10-5-3-6-10/h9-10,19H,3-8,15H2,1-2H3,(H,16,17). The molecular weight excluding hydrogens is 288 g/mol. The molecule has 0 unspecified atom stereocenters. The summed E-state index contributed by atoms with van der Waals surface area (Å²) < 4.78 is 0. The number of rotatable bonds is 7. The van der Waals surface area contributed by atoms with Gasteiger partial charge >= 0.3 is 0 Å². The van der Waals surface area contributed by atoms with Crippen LogP contribution >= 0.6 is 11.3 Å². The van der Waals surface area contributed by atoms with Gasteiger partial charge in [0, 0.05) is 25.2 Å². The summed E-state index contributed by atoms with van der Waals surface area (Å²) in [5.74, 6) is 0.191. The van der Waals surface area contributed by atoms with Crippen LogP contribution in [0, 0.1) is 0 Å². The lowest BCUT2D eigenvalue weighted by Crippen LogP contribution is -2.38. The minimum Gasteiger partial charge on any atom is -0.396 e. The van der Waals surface area contributed by atoms with E-state index in [1.807, 2.05) is 13.8 Å². The molecule has 0 atom stereocenters. The van der Waals surface area contributed by atoms with Crippen LogP contribution < -0.4 is 11.1 Å². The average molecular weight is 312 g/mol. The van der Waals surface area contributed by atoms with Crippen LogP contribution in [0.2, 0.25) is 0 Å². The first-order valence-corrected chi connectivity index (χ1v) is 8.29. The van der Waals surface area contributed by atoms with Crippen LogP contribution in [0.3, 0.4) is 0 Å². The van der Waals surface area contributed by atoms with Crippen molar-refractivity contribution in [2.45, 2.75) is 51.6 Å². The smallest absolute Gasteiger partial charge is 0.268 e. The molecule has 4 N–H and O–H groups in total. The second-order valence-corrected chi connectivity index (χ2v) is 6.67. The first-order chi connectivity index (χ1) is 10.0. The number of carbonyl (C=O) groups excluding carboxylic acids is 1. The van der Waals surface area contributed by atoms with Gasteiger partial charge in [-0.25, -0.2) is 4.98 Å². The van der Waals surface area contributed by atoms with Crippen molar-refractivity contribution >= 4 is 28.2 Å². The summed E-state index contributed by atoms with van der Waals surface area (Å²) in [6, 6.07) is 0.530. The van der Waals surface area contributed by atoms with Crippen molar-refractivity contribution < 1.29 is 9.90 Å². The second-order valence-electron chi connectivity index (χ2n) is 5.68. The summed E-state index contributed by atoms with van der Waals surface area (Å²) in [4.78, 5) is 19.1. The van der Waals surface area contributed by atoms with Gasteiger partial charge in [0.25, 0.3) is 5.91 Å². The normalized spacial score (nSPS) is 15.0. The van der Waals surface area contributed by atoms with E-state index in [0.717, 1.165) is 18.0 Å². The summed E-state index contributed by atoms with van der Waals surface area (Å²) in [5.41, 5.74) is 5.91. The second kappa shape index (κ2) is 7.09. The van der Waals surface area contributed by atoms with Gasteiger partial charge in [-0.3, -0.25) is 4.79 Å². The van der Waals surface area contributed by atoms with Gasteiger partial charge in [0.15, 0.2) is 5.13 Å². The fourth-order valence-corrected chi connectivity index (χ4v) is 3.16. The molecule has 1 aliphatic rings. The molecule has 7 heteroatoms. The van der Waals surface area contributed by atoms with Crippen LogP contribution in [0.5, 0.6) is 0 Å². The van der Waals surface area contributed by atoms with Crippen molar-refractivity contribution in [1.82, 2.24) is 9.88 Å². The number of nitrogens with zero attached hydrogens (tertiary/aromatic N) is 2. The number of thiazole rings is 1. The van der Waals surface area contributed by atoms with Gasteiger partial charge in [-0.15, -0.1) is 0 Å². The van der Waals surface area contributed by atoms with Crippen LogP contribution in [0.1, 0.15) is 49.2 Å². The van der Waals surface area contributed by atoms with Crippen LogP contribution in [0.25, 0.3) is 0 Å². The van der Waals surface area contributed by atoms with Crippen molar-refractivity contribution in [2.24, 2.45) is 0 Å². The molecule has 1 saturated carbocycles. The highest BCUT2D eigenvalue weighted by Crippen LogP contribution is 2.30. The zero-order valence-electron chi connectivity index (χ0n) is 12.6. The minimum absolute atomic E-state index is 0.0635. The maximum atomic E-state index is 12.6. The molecule has 21 heavy (non-hydrogen) atoms. The predicted octanol–water partition coefficient (Wildman–Crippen LogP) is 1.92. The summed E-state index contributed by atoms with van der Waals surface area (Å²) in [6.45, 7) is 4.51. The van der Waals surface area contributed by atoms with E-state index in [1.165, 1.54) is 17.8 Å². The molecule has 0 spiro atoms. The summed E-state index contributed by atoms with van der Waals surface area (Å²) in [6.07, 6.45) is 4.11. The highest BCUT2D eigenvalue weighted by Gasteiger charge is 2.25. The molecule has 0 aromatic carbocycles. The van der Waals surface area contributed by atoms with Crippen LogP contribution in [-0.4, -0.2) is 46.1 Å². The third kappa shape index (κ3) is 3.85. The fraction of sp³-hybridized carbons (Fsp3) is 0.714. The zero-order chi connectivity index (χ0) is 15.4. The molecule has 118 valence electrons. The first-order valence-electron chi connectivity index (χ1n) is 7.47. The van der Waals surface area contributed by atoms with E-state index in [1.54, 1.807) is 4.90 Å². The van der Waals surface area contributed by atoms with Gasteiger partial charge < -0.3 is 21.1 Å². The van der Waals surface area contributed by atoms with Crippen LogP contribution in [0.15, 0.2) is 0 Å². The van der Waals surface area contributed by atoms with E-state index in [9.17, 15) is 4.79 Å². The van der Waals surface area contributed by atoms with Gasteiger partial charge in [0.05, 0.1) is 0 Å². The number of carbonyl (C=O) groups is 1. The first kappa shape index (κ1) is 16.0. The number of anilines is 2. The topological polar surface area (TPSA) is 91.5 Å². The Labute approximate surface area is 129 Å². The average Bonchev–Trinajstić information content (AvgIpc) is 2.75. The Morgan fingerprint density at radius 2 is 2.29 bits per heavy atom. The number of nitrogens with one attached hydrogen (secondary N) is 1. The van der Waals surface area contributed by atoms with E-state index in [-0.39, 0.29) is 18.6 Å². The Morgan fingerprint density at radius 3 is 2.81 bits per heavy atom. The number of nitrogen functional groups attached to an aromatic ring is 1. The molecule has 1 aromatic heterocycles. The summed E-state index contributed by atoms with van der Waals surface area (Å²) >= 11 is 1.32. The largest absolute Gasteiger partial charge is 0.396 e. The SMILES string of the molecule is CC(C)N(CCCO)C(=O)c1sc(NC2CCC2)nc1N. The quantitative estimate of drug-likeness (QED) is 0.715. The molecule has 0 radical (unpaired) electrons. The third-order valence-electron chi connectivity index (χ3n) is 3.72. The predicted molar refractivity (Wildman–Crippen MR) is 85.7 cm³/mol. The molecule has 1 aliphatic carbocycles. The minimum atomic E-state index is -0.102. The maximum absolute atomic E-state index is 12.6. The monoisotopic (exact) mass is 312 g/mol. The van der Waals surface area contributed by atoms with Gasteiger partial charge in [-0.1, -0.05) is 11.3 Å². The number of aromatic nitrogens is 1. The van der Waals surface area contributed by atoms with E-state index in [0.29, 0.717) is 29.7 Å². The Hall–Kier alpha value is -1.34. The van der Waals surface area contributed by atoms with Crippen molar-refractivity contribution in [3.05, 3.63) is 4.88 Å². The Kier molecular flexibility index (Phi) is 5.41.